The number of benzene rings is 1. The number of rotatable bonds is 5. The molecule has 0 bridgehead atoms. The molecule has 1 heterocycles. The van der Waals surface area contributed by atoms with Crippen molar-refractivity contribution in [3.05, 3.63) is 30.6 Å². The first-order valence-corrected chi connectivity index (χ1v) is 5.53. The second kappa shape index (κ2) is 5.31. The molecule has 1 N–H and O–H groups in total. The topological polar surface area (TPSA) is 77.2 Å². The fourth-order valence-corrected chi connectivity index (χ4v) is 1.51. The minimum Gasteiger partial charge on any atom is -0.494 e. The average Bonchev–Trinajstić information content (AvgIpc) is 2.78. The predicted molar refractivity (Wildman–Crippen MR) is 64.3 cm³/mol. The van der Waals surface area contributed by atoms with Gasteiger partial charge in [-0.2, -0.15) is 5.10 Å². The van der Waals surface area contributed by atoms with E-state index in [-0.39, 0.29) is 6.54 Å². The minimum absolute atomic E-state index is 0.190. The molecule has 6 heteroatoms. The van der Waals surface area contributed by atoms with Crippen LogP contribution in [0.25, 0.3) is 11.4 Å². The summed E-state index contributed by atoms with van der Waals surface area (Å²) < 4.78 is 6.62. The van der Waals surface area contributed by atoms with Gasteiger partial charge in [0.25, 0.3) is 0 Å². The molecule has 2 aromatic rings. The smallest absolute Gasteiger partial charge is 0.325 e. The molecule has 2 rings (SSSR count). The molecule has 94 valence electrons. The molecular formula is C12H13N3O3. The molecule has 6 nitrogen and oxygen atoms in total. The molecule has 0 aliphatic carbocycles. The van der Waals surface area contributed by atoms with E-state index in [0.717, 1.165) is 11.3 Å². The Labute approximate surface area is 104 Å². The Kier molecular flexibility index (Phi) is 3.57. The van der Waals surface area contributed by atoms with Gasteiger partial charge in [0.1, 0.15) is 18.6 Å². The highest BCUT2D eigenvalue weighted by atomic mass is 16.5. The summed E-state index contributed by atoms with van der Waals surface area (Å²) in [4.78, 5) is 14.6. The maximum Gasteiger partial charge on any atom is 0.325 e. The van der Waals surface area contributed by atoms with E-state index in [2.05, 4.69) is 10.1 Å². The third-order valence-corrected chi connectivity index (χ3v) is 2.26. The molecular weight excluding hydrogens is 234 g/mol. The Balaban J connectivity index is 2.15. The largest absolute Gasteiger partial charge is 0.494 e. The molecule has 0 spiro atoms. The molecule has 0 atom stereocenters. The molecule has 18 heavy (non-hydrogen) atoms. The number of aromatic nitrogens is 3. The lowest BCUT2D eigenvalue weighted by Crippen LogP contribution is -2.08. The molecule has 0 aliphatic heterocycles. The molecule has 0 radical (unpaired) electrons. The van der Waals surface area contributed by atoms with Gasteiger partial charge < -0.3 is 9.84 Å². The fraction of sp³-hybridized carbons (Fsp3) is 0.250. The molecule has 1 aromatic carbocycles. The number of carbonyl (C=O) groups is 1. The first kappa shape index (κ1) is 12.1. The summed E-state index contributed by atoms with van der Waals surface area (Å²) >= 11 is 0. The highest BCUT2D eigenvalue weighted by molar-refractivity contribution is 5.66. The number of hydrogen-bond donors (Lipinski definition) is 1. The summed E-state index contributed by atoms with van der Waals surface area (Å²) in [7, 11) is 0. The number of aliphatic carboxylic acids is 1. The summed E-state index contributed by atoms with van der Waals surface area (Å²) in [5, 5.41) is 12.7. The van der Waals surface area contributed by atoms with Crippen LogP contribution in [0.2, 0.25) is 0 Å². The van der Waals surface area contributed by atoms with Gasteiger partial charge in [-0.1, -0.05) is 0 Å². The van der Waals surface area contributed by atoms with Crippen LogP contribution in [-0.2, 0) is 11.3 Å². The monoisotopic (exact) mass is 247 g/mol. The fourth-order valence-electron chi connectivity index (χ4n) is 1.51. The van der Waals surface area contributed by atoms with Crippen molar-refractivity contribution < 1.29 is 14.6 Å². The van der Waals surface area contributed by atoms with Crippen molar-refractivity contribution in [1.29, 1.82) is 0 Å². The van der Waals surface area contributed by atoms with E-state index in [4.69, 9.17) is 9.84 Å². The third-order valence-electron chi connectivity index (χ3n) is 2.26. The Morgan fingerprint density at radius 2 is 2.11 bits per heavy atom. The molecule has 0 saturated carbocycles. The van der Waals surface area contributed by atoms with Crippen molar-refractivity contribution in [1.82, 2.24) is 14.8 Å². The van der Waals surface area contributed by atoms with Gasteiger partial charge in [-0.05, 0) is 31.2 Å². The van der Waals surface area contributed by atoms with Crippen molar-refractivity contribution >= 4 is 5.97 Å². The van der Waals surface area contributed by atoms with Crippen molar-refractivity contribution in [3.8, 4) is 17.1 Å². The first-order chi connectivity index (χ1) is 8.69. The van der Waals surface area contributed by atoms with Crippen LogP contribution in [0.1, 0.15) is 6.92 Å². The van der Waals surface area contributed by atoms with E-state index in [1.165, 1.54) is 11.0 Å². The Morgan fingerprint density at radius 3 is 2.72 bits per heavy atom. The highest BCUT2D eigenvalue weighted by Gasteiger charge is 2.06. The van der Waals surface area contributed by atoms with E-state index in [1.807, 2.05) is 31.2 Å². The Bertz CT molecular complexity index is 534. The van der Waals surface area contributed by atoms with Crippen LogP contribution in [0.5, 0.6) is 5.75 Å². The van der Waals surface area contributed by atoms with Gasteiger partial charge in [0.05, 0.1) is 6.61 Å². The van der Waals surface area contributed by atoms with Gasteiger partial charge in [-0.3, -0.25) is 4.79 Å². The van der Waals surface area contributed by atoms with Crippen molar-refractivity contribution in [2.24, 2.45) is 0 Å². The number of hydrogen-bond acceptors (Lipinski definition) is 4. The summed E-state index contributed by atoms with van der Waals surface area (Å²) in [5.41, 5.74) is 0.822. The zero-order chi connectivity index (χ0) is 13.0. The Morgan fingerprint density at radius 1 is 1.39 bits per heavy atom. The van der Waals surface area contributed by atoms with E-state index in [9.17, 15) is 4.79 Å². The highest BCUT2D eigenvalue weighted by Crippen LogP contribution is 2.18. The van der Waals surface area contributed by atoms with Crippen molar-refractivity contribution in [2.45, 2.75) is 13.5 Å². The van der Waals surface area contributed by atoms with Crippen LogP contribution < -0.4 is 4.74 Å². The number of carboxylic acids is 1. The number of nitrogens with zero attached hydrogens (tertiary/aromatic N) is 3. The van der Waals surface area contributed by atoms with Crippen molar-refractivity contribution in [3.63, 3.8) is 0 Å². The lowest BCUT2D eigenvalue weighted by atomic mass is 10.2. The maximum absolute atomic E-state index is 10.5. The second-order valence-electron chi connectivity index (χ2n) is 3.62. The number of carboxylic acid groups (broad SMARTS) is 1. The second-order valence-corrected chi connectivity index (χ2v) is 3.62. The molecule has 1 aromatic heterocycles. The average molecular weight is 247 g/mol. The molecule has 0 aliphatic rings. The summed E-state index contributed by atoms with van der Waals surface area (Å²) in [6.07, 6.45) is 1.40. The third kappa shape index (κ3) is 2.85. The van der Waals surface area contributed by atoms with Crippen molar-refractivity contribution in [2.75, 3.05) is 6.61 Å². The summed E-state index contributed by atoms with van der Waals surface area (Å²) in [5.74, 6) is 0.337. The maximum atomic E-state index is 10.5. The van der Waals surface area contributed by atoms with Crippen LogP contribution in [0.4, 0.5) is 0 Å². The molecule has 0 fully saturated rings. The van der Waals surface area contributed by atoms with Gasteiger partial charge >= 0.3 is 5.97 Å². The Hall–Kier alpha value is -2.37. The zero-order valence-corrected chi connectivity index (χ0v) is 9.91. The standard InChI is InChI=1S/C12H13N3O3/c1-2-18-10-5-3-9(4-6-10)12-13-8-15(14-12)7-11(16)17/h3-6,8H,2,7H2,1H3,(H,16,17). The lowest BCUT2D eigenvalue weighted by Gasteiger charge is -2.02. The SMILES string of the molecule is CCOc1ccc(-c2ncn(CC(=O)O)n2)cc1. The van der Waals surface area contributed by atoms with E-state index < -0.39 is 5.97 Å². The van der Waals surface area contributed by atoms with Crippen LogP contribution in [-0.4, -0.2) is 32.4 Å². The van der Waals surface area contributed by atoms with Gasteiger partial charge in [0, 0.05) is 5.56 Å². The van der Waals surface area contributed by atoms with E-state index in [1.54, 1.807) is 0 Å². The normalized spacial score (nSPS) is 10.3. The van der Waals surface area contributed by atoms with E-state index in [0.29, 0.717) is 12.4 Å². The predicted octanol–water partition coefficient (Wildman–Crippen LogP) is 1.43. The molecule has 0 unspecified atom stereocenters. The minimum atomic E-state index is -0.946. The summed E-state index contributed by atoms with van der Waals surface area (Å²) in [6.45, 7) is 2.35. The van der Waals surface area contributed by atoms with E-state index >= 15 is 0 Å². The van der Waals surface area contributed by atoms with Crippen LogP contribution in [0, 0.1) is 0 Å². The first-order valence-electron chi connectivity index (χ1n) is 5.53. The van der Waals surface area contributed by atoms with Gasteiger partial charge in [-0.25, -0.2) is 9.67 Å². The van der Waals surface area contributed by atoms with Crippen LogP contribution in [0.3, 0.4) is 0 Å². The molecule has 0 amide bonds. The van der Waals surface area contributed by atoms with Crippen LogP contribution in [0.15, 0.2) is 30.6 Å². The quantitative estimate of drug-likeness (QED) is 0.864. The molecule has 0 saturated heterocycles. The van der Waals surface area contributed by atoms with Gasteiger partial charge in [0.2, 0.25) is 0 Å². The number of ether oxygens (including phenoxy) is 1. The van der Waals surface area contributed by atoms with Gasteiger partial charge in [0.15, 0.2) is 5.82 Å². The summed E-state index contributed by atoms with van der Waals surface area (Å²) in [6, 6.07) is 7.34. The van der Waals surface area contributed by atoms with Gasteiger partial charge in [-0.15, -0.1) is 0 Å². The van der Waals surface area contributed by atoms with Crippen LogP contribution >= 0.6 is 0 Å². The zero-order valence-electron chi connectivity index (χ0n) is 9.91. The lowest BCUT2D eigenvalue weighted by molar-refractivity contribution is -0.137.